The number of aromatic nitrogens is 2. The monoisotopic (exact) mass is 416 g/mol. The molecule has 1 fully saturated rings. The van der Waals surface area contributed by atoms with Crippen molar-refractivity contribution in [2.75, 3.05) is 13.1 Å². The quantitative estimate of drug-likeness (QED) is 0.804. The maximum Gasteiger partial charge on any atom is 0.248 e. The van der Waals surface area contributed by atoms with Crippen LogP contribution in [0.25, 0.3) is 0 Å². The average Bonchev–Trinajstić information content (AvgIpc) is 3.11. The number of rotatable bonds is 4. The molecule has 1 saturated heterocycles. The summed E-state index contributed by atoms with van der Waals surface area (Å²) >= 11 is 3.38. The topological polar surface area (TPSA) is 59.0 Å². The summed E-state index contributed by atoms with van der Waals surface area (Å²) < 4.78 is 15.9. The predicted molar refractivity (Wildman–Crippen MR) is 95.5 cm³/mol. The maximum absolute atomic E-state index is 13.4. The minimum Gasteiger partial charge on any atom is -0.350 e. The number of nitrogens with zero attached hydrogens (tertiary/aromatic N) is 2. The number of piperidine rings is 1. The van der Waals surface area contributed by atoms with Gasteiger partial charge in [0.2, 0.25) is 5.91 Å². The van der Waals surface area contributed by atoms with Crippen molar-refractivity contribution in [3.05, 3.63) is 52.5 Å². The first-order valence-electron chi connectivity index (χ1n) is 7.55. The second-order valence-corrected chi connectivity index (χ2v) is 6.50. The zero-order valence-corrected chi connectivity index (χ0v) is 15.4. The summed E-state index contributed by atoms with van der Waals surface area (Å²) in [6, 6.07) is 6.27. The summed E-state index contributed by atoms with van der Waals surface area (Å²) in [5.74, 6) is -0.403. The van der Waals surface area contributed by atoms with Crippen molar-refractivity contribution in [3.8, 4) is 0 Å². The molecular weight excluding hydrogens is 399 g/mol. The summed E-state index contributed by atoms with van der Waals surface area (Å²) in [5, 5.41) is 10.5. The highest BCUT2D eigenvalue weighted by molar-refractivity contribution is 9.10. The van der Waals surface area contributed by atoms with E-state index in [4.69, 9.17) is 0 Å². The molecule has 0 unspecified atom stereocenters. The van der Waals surface area contributed by atoms with E-state index in [2.05, 4.69) is 31.7 Å². The molecule has 0 spiro atoms. The number of benzene rings is 1. The molecule has 1 aromatic carbocycles. The fourth-order valence-electron chi connectivity index (χ4n) is 2.94. The van der Waals surface area contributed by atoms with E-state index in [1.807, 2.05) is 12.3 Å². The highest BCUT2D eigenvalue weighted by atomic mass is 79.9. The normalized spacial score (nSPS) is 16.2. The fraction of sp³-hybridized carbons (Fsp3) is 0.375. The van der Waals surface area contributed by atoms with Crippen LogP contribution in [-0.2, 0) is 16.9 Å². The van der Waals surface area contributed by atoms with Crippen LogP contribution >= 0.6 is 28.3 Å². The second kappa shape index (κ2) is 8.09. The van der Waals surface area contributed by atoms with Gasteiger partial charge in [0.05, 0.1) is 0 Å². The third-order valence-electron chi connectivity index (χ3n) is 4.24. The van der Waals surface area contributed by atoms with Crippen molar-refractivity contribution in [1.29, 1.82) is 0 Å². The number of hydrogen-bond acceptors (Lipinski definition) is 3. The number of hydrogen-bond donors (Lipinski definition) is 2. The number of amides is 1. The van der Waals surface area contributed by atoms with E-state index in [1.54, 1.807) is 16.9 Å². The van der Waals surface area contributed by atoms with Gasteiger partial charge in [-0.3, -0.25) is 9.48 Å². The molecule has 1 amide bonds. The molecule has 0 saturated carbocycles. The van der Waals surface area contributed by atoms with Crippen LogP contribution < -0.4 is 10.6 Å². The summed E-state index contributed by atoms with van der Waals surface area (Å²) in [7, 11) is 0. The lowest BCUT2D eigenvalue weighted by atomic mass is 9.87. The van der Waals surface area contributed by atoms with E-state index < -0.39 is 5.54 Å². The van der Waals surface area contributed by atoms with Gasteiger partial charge in [0.15, 0.2) is 0 Å². The van der Waals surface area contributed by atoms with Gasteiger partial charge in [-0.1, -0.05) is 15.9 Å². The zero-order chi connectivity index (χ0) is 16.3. The summed E-state index contributed by atoms with van der Waals surface area (Å²) in [5.41, 5.74) is 0.0251. The molecule has 0 bridgehead atoms. The zero-order valence-electron chi connectivity index (χ0n) is 13.0. The minimum atomic E-state index is -0.686. The van der Waals surface area contributed by atoms with Gasteiger partial charge in [-0.05, 0) is 55.8 Å². The van der Waals surface area contributed by atoms with Crippen molar-refractivity contribution in [2.24, 2.45) is 0 Å². The SMILES string of the molecule is Cl.O=C(NCc1cc(F)ccc1Br)C1(n2cccn2)CCNCC1. The standard InChI is InChI=1S/C16H18BrFN4O.ClH/c17-14-3-2-13(18)10-12(14)11-20-15(23)16(4-7-19-8-5-16)22-9-1-6-21-22;/h1-3,6,9-10,19H,4-5,7-8,11H2,(H,20,23);1H. The molecule has 0 aliphatic carbocycles. The van der Waals surface area contributed by atoms with Crippen LogP contribution in [0, 0.1) is 5.82 Å². The van der Waals surface area contributed by atoms with E-state index in [-0.39, 0.29) is 30.7 Å². The van der Waals surface area contributed by atoms with Crippen LogP contribution in [-0.4, -0.2) is 28.8 Å². The fourth-order valence-corrected chi connectivity index (χ4v) is 3.33. The molecular formula is C16H19BrClFN4O. The third-order valence-corrected chi connectivity index (χ3v) is 5.02. The molecule has 1 aliphatic rings. The van der Waals surface area contributed by atoms with Gasteiger partial charge in [-0.2, -0.15) is 5.10 Å². The summed E-state index contributed by atoms with van der Waals surface area (Å²) in [6.45, 7) is 1.79. The van der Waals surface area contributed by atoms with Crippen molar-refractivity contribution < 1.29 is 9.18 Å². The summed E-state index contributed by atoms with van der Waals surface area (Å²) in [6.07, 6.45) is 4.85. The molecule has 0 radical (unpaired) electrons. The van der Waals surface area contributed by atoms with Crippen molar-refractivity contribution in [2.45, 2.75) is 24.9 Å². The van der Waals surface area contributed by atoms with Crippen LogP contribution in [0.1, 0.15) is 18.4 Å². The second-order valence-electron chi connectivity index (χ2n) is 5.65. The Labute approximate surface area is 154 Å². The van der Waals surface area contributed by atoms with Gasteiger partial charge in [0.1, 0.15) is 11.4 Å². The van der Waals surface area contributed by atoms with E-state index >= 15 is 0 Å². The van der Waals surface area contributed by atoms with Gasteiger partial charge in [0.25, 0.3) is 0 Å². The number of carbonyl (C=O) groups excluding carboxylic acids is 1. The smallest absolute Gasteiger partial charge is 0.248 e. The van der Waals surface area contributed by atoms with Crippen LogP contribution in [0.2, 0.25) is 0 Å². The Morgan fingerprint density at radius 3 is 2.83 bits per heavy atom. The highest BCUT2D eigenvalue weighted by Crippen LogP contribution is 2.27. The molecule has 1 aromatic heterocycles. The predicted octanol–water partition coefficient (Wildman–Crippen LogP) is 2.60. The molecule has 2 heterocycles. The van der Waals surface area contributed by atoms with Crippen molar-refractivity contribution >= 4 is 34.2 Å². The molecule has 3 rings (SSSR count). The molecule has 2 aromatic rings. The van der Waals surface area contributed by atoms with E-state index in [9.17, 15) is 9.18 Å². The molecule has 24 heavy (non-hydrogen) atoms. The molecule has 130 valence electrons. The number of halogens is 3. The van der Waals surface area contributed by atoms with E-state index in [0.717, 1.165) is 17.6 Å². The summed E-state index contributed by atoms with van der Waals surface area (Å²) in [4.78, 5) is 12.9. The van der Waals surface area contributed by atoms with Crippen molar-refractivity contribution in [1.82, 2.24) is 20.4 Å². The molecule has 2 N–H and O–H groups in total. The van der Waals surface area contributed by atoms with Gasteiger partial charge < -0.3 is 10.6 Å². The Bertz CT molecular complexity index is 689. The Hall–Kier alpha value is -1.44. The third kappa shape index (κ3) is 3.79. The van der Waals surface area contributed by atoms with Crippen LogP contribution in [0.3, 0.4) is 0 Å². The van der Waals surface area contributed by atoms with E-state index in [0.29, 0.717) is 18.4 Å². The van der Waals surface area contributed by atoms with E-state index in [1.165, 1.54) is 12.1 Å². The number of carbonyl (C=O) groups is 1. The van der Waals surface area contributed by atoms with Gasteiger partial charge in [-0.25, -0.2) is 4.39 Å². The van der Waals surface area contributed by atoms with Crippen LogP contribution in [0.5, 0.6) is 0 Å². The Morgan fingerprint density at radius 2 is 2.17 bits per heavy atom. The number of nitrogens with one attached hydrogen (secondary N) is 2. The van der Waals surface area contributed by atoms with Gasteiger partial charge in [-0.15, -0.1) is 12.4 Å². The van der Waals surface area contributed by atoms with Gasteiger partial charge in [0, 0.05) is 23.4 Å². The maximum atomic E-state index is 13.4. The highest BCUT2D eigenvalue weighted by Gasteiger charge is 2.41. The largest absolute Gasteiger partial charge is 0.350 e. The molecule has 8 heteroatoms. The van der Waals surface area contributed by atoms with Crippen LogP contribution in [0.4, 0.5) is 4.39 Å². The molecule has 5 nitrogen and oxygen atoms in total. The lowest BCUT2D eigenvalue weighted by molar-refractivity contribution is -0.132. The first-order chi connectivity index (χ1) is 11.1. The average molecular weight is 418 g/mol. The lowest BCUT2D eigenvalue weighted by Crippen LogP contribution is -2.54. The van der Waals surface area contributed by atoms with Crippen LogP contribution in [0.15, 0.2) is 41.1 Å². The first-order valence-corrected chi connectivity index (χ1v) is 8.34. The Morgan fingerprint density at radius 1 is 1.42 bits per heavy atom. The van der Waals surface area contributed by atoms with Gasteiger partial charge >= 0.3 is 0 Å². The lowest BCUT2D eigenvalue weighted by Gasteiger charge is -2.36. The molecule has 1 aliphatic heterocycles. The minimum absolute atomic E-state index is 0. The Balaban J connectivity index is 0.00000208. The molecule has 0 atom stereocenters. The van der Waals surface area contributed by atoms with Crippen molar-refractivity contribution in [3.63, 3.8) is 0 Å². The first kappa shape index (κ1) is 18.9. The Kier molecular flexibility index (Phi) is 6.37.